The number of aliphatic carboxylic acids is 18. The van der Waals surface area contributed by atoms with Gasteiger partial charge in [-0.1, -0.05) is 0 Å². The second-order valence-electron chi connectivity index (χ2n) is 5.17. The first kappa shape index (κ1) is 102. The quantitative estimate of drug-likeness (QED) is 0.203. The maximum atomic E-state index is 8.93. The van der Waals surface area contributed by atoms with E-state index in [0.717, 1.165) is 0 Å². The Kier molecular flexibility index (Phi) is 113. The average molecular weight is 1590 g/mol. The molecule has 0 saturated carbocycles. The second kappa shape index (κ2) is 66.6. The van der Waals surface area contributed by atoms with Crippen molar-refractivity contribution in [1.82, 2.24) is 0 Å². The molecule has 0 saturated heterocycles. The Balaban J connectivity index is -0.0000000288. The summed E-state index contributed by atoms with van der Waals surface area (Å²) in [4.78, 5) is 161. The van der Waals surface area contributed by atoms with Gasteiger partial charge >= 0.3 is 244 Å². The minimum atomic E-state index is -2.19. The molecule has 60 heavy (non-hydrogen) atoms. The van der Waals surface area contributed by atoms with Gasteiger partial charge < -0.3 is 178 Å². The average Bonchev–Trinajstić information content (AvgIpc) is 2.99. The normalized spacial score (nSPS) is 6.60. The van der Waals surface area contributed by atoms with Crippen molar-refractivity contribution in [2.75, 3.05) is 0 Å². The van der Waals surface area contributed by atoms with E-state index in [2.05, 4.69) is 0 Å². The molecular weight excluding hydrogens is 1590 g/mol. The van der Waals surface area contributed by atoms with E-state index in [9.17, 15) is 0 Å². The van der Waals surface area contributed by atoms with Crippen molar-refractivity contribution in [1.29, 1.82) is 0 Å². The van der Waals surface area contributed by atoms with Gasteiger partial charge in [0.2, 0.25) is 0 Å². The molecule has 0 rings (SSSR count). The van der Waals surface area contributed by atoms with Crippen LogP contribution in [0.1, 0.15) is 0 Å². The molecule has 0 spiro atoms. The summed E-state index contributed by atoms with van der Waals surface area (Å²) >= 11 is 0. The molecular formula is C18Eu2Gd2O36Y2. The number of carboxylic acid groups (broad SMARTS) is 18. The Bertz CT molecular complexity index is 1020. The number of carbonyl (C=O) groups excluding carboxylic acids is 18. The molecule has 42 heteroatoms. The summed E-state index contributed by atoms with van der Waals surface area (Å²) in [5.74, 6) is -39.3. The van der Waals surface area contributed by atoms with Gasteiger partial charge in [-0.2, -0.15) is 0 Å². The fourth-order valence-electron chi connectivity index (χ4n) is 0. The van der Waals surface area contributed by atoms with Crippen molar-refractivity contribution in [3.63, 3.8) is 0 Å². The van der Waals surface area contributed by atoms with Gasteiger partial charge in [-0.15, -0.1) is 0 Å². The van der Waals surface area contributed by atoms with Crippen LogP contribution in [0.25, 0.3) is 0 Å². The van der Waals surface area contributed by atoms with E-state index in [4.69, 9.17) is 178 Å². The van der Waals surface area contributed by atoms with E-state index >= 15 is 0 Å². The Morgan fingerprint density at radius 3 is 0.167 bits per heavy atom. The predicted molar refractivity (Wildman–Crippen MR) is 90.1 cm³/mol. The topological polar surface area (TPSA) is 722 Å². The molecule has 0 aliphatic heterocycles. The van der Waals surface area contributed by atoms with E-state index < -0.39 is 107 Å². The molecule has 0 bridgehead atoms. The van der Waals surface area contributed by atoms with E-state index in [0.29, 0.717) is 0 Å². The van der Waals surface area contributed by atoms with Crippen molar-refractivity contribution in [2.45, 2.75) is 0 Å². The van der Waals surface area contributed by atoms with Gasteiger partial charge in [-0.3, -0.25) is 0 Å². The van der Waals surface area contributed by atoms with Crippen LogP contribution in [-0.4, -0.2) is 107 Å². The van der Waals surface area contributed by atoms with Crippen molar-refractivity contribution in [3.8, 4) is 0 Å². The number of hydrogen-bond acceptors (Lipinski definition) is 36. The largest absolute Gasteiger partial charge is 3.00 e. The molecule has 0 aliphatic carbocycles. The third-order valence-corrected chi connectivity index (χ3v) is 1.50. The van der Waals surface area contributed by atoms with Gasteiger partial charge in [0.05, 0.1) is 107 Å². The minimum absolute atomic E-state index is 0. The summed E-state index contributed by atoms with van der Waals surface area (Å²) in [6.45, 7) is 0. The summed E-state index contributed by atoms with van der Waals surface area (Å²) in [6.07, 6.45) is 0. The van der Waals surface area contributed by atoms with Crippen LogP contribution in [-0.2, 0) is 152 Å². The Labute approximate surface area is 519 Å². The molecule has 0 aromatic heterocycles. The maximum absolute atomic E-state index is 8.93. The number of rotatable bonds is 0. The fourth-order valence-corrected chi connectivity index (χ4v) is 0. The van der Waals surface area contributed by atoms with Gasteiger partial charge in [0.1, 0.15) is 0 Å². The van der Waals surface area contributed by atoms with Crippen molar-refractivity contribution < 1.29 is 422 Å². The van der Waals surface area contributed by atoms with Crippen LogP contribution in [0.15, 0.2) is 0 Å². The molecule has 0 amide bonds. The van der Waals surface area contributed by atoms with E-state index in [1.807, 2.05) is 0 Å². The van der Waals surface area contributed by atoms with Crippen LogP contribution < -0.4 is 91.9 Å². The van der Waals surface area contributed by atoms with Crippen molar-refractivity contribution >= 4 is 107 Å². The number of carboxylic acids is 18. The molecule has 0 unspecified atom stereocenters. The van der Waals surface area contributed by atoms with Crippen LogP contribution in [0.5, 0.6) is 0 Å². The molecule has 0 fully saturated rings. The zero-order valence-corrected chi connectivity index (χ0v) is 41.4. The molecule has 36 nitrogen and oxygen atoms in total. The summed E-state index contributed by atoms with van der Waals surface area (Å²) in [7, 11) is 0. The first-order valence-corrected chi connectivity index (χ1v) is 9.60. The standard InChI is InChI=1S/9C2H2O4.2Eu.2Gd.2Y/c9*3-1(4)2(5)6;;;;;;/h9*(H,3,4)(H,5,6);;;;;;/q;;;;;;;;;6*+3/p-18. The monoisotopic (exact) mass is 1590 g/mol. The van der Waals surface area contributed by atoms with Crippen molar-refractivity contribution in [3.05, 3.63) is 0 Å². The minimum Gasteiger partial charge on any atom is -0.543 e. The first-order valence-electron chi connectivity index (χ1n) is 9.60. The van der Waals surface area contributed by atoms with Crippen molar-refractivity contribution in [2.24, 2.45) is 0 Å². The molecule has 324 valence electrons. The summed E-state index contributed by atoms with van der Waals surface area (Å²) in [5, 5.41) is 161. The van der Waals surface area contributed by atoms with Crippen LogP contribution in [0.2, 0.25) is 0 Å². The molecule has 0 aliphatic rings. The summed E-state index contributed by atoms with van der Waals surface area (Å²) in [6, 6.07) is 0. The third-order valence-electron chi connectivity index (χ3n) is 1.50. The molecule has 0 aromatic rings. The van der Waals surface area contributed by atoms with Gasteiger partial charge in [-0.05, 0) is 0 Å². The number of hydrogen-bond donors (Lipinski definition) is 0. The van der Waals surface area contributed by atoms with Gasteiger partial charge in [0.15, 0.2) is 0 Å². The van der Waals surface area contributed by atoms with Crippen LogP contribution >= 0.6 is 0 Å². The van der Waals surface area contributed by atoms with E-state index in [-0.39, 0.29) is 244 Å². The van der Waals surface area contributed by atoms with Crippen LogP contribution in [0.3, 0.4) is 0 Å². The smallest absolute Gasteiger partial charge is 0.543 e. The molecule has 2 radical (unpaired) electrons. The Morgan fingerprint density at radius 1 is 0.150 bits per heavy atom. The fraction of sp³-hybridized carbons (Fsp3) is 0. The second-order valence-corrected chi connectivity index (χ2v) is 5.17. The Hall–Kier alpha value is -1.51. The maximum Gasteiger partial charge on any atom is 3.00 e. The molecule has 0 atom stereocenters. The van der Waals surface area contributed by atoms with E-state index in [1.165, 1.54) is 0 Å². The van der Waals surface area contributed by atoms with Crippen LogP contribution in [0, 0.1) is 179 Å². The SMILES string of the molecule is O=C([O-])C(=O)[O-].O=C([O-])C(=O)[O-].O=C([O-])C(=O)[O-].O=C([O-])C(=O)[O-].O=C([O-])C(=O)[O-].O=C([O-])C(=O)[O-].O=C([O-])C(=O)[O-].O=C([O-])C(=O)[O-].O=C([O-])C(=O)[O-].[Eu+3].[Eu+3].[Gd+3].[Gd+3].[Y+3].[Y+3]. The third kappa shape index (κ3) is 146. The summed E-state index contributed by atoms with van der Waals surface area (Å²) < 4.78 is 0. The molecule has 0 aromatic carbocycles. The first-order chi connectivity index (χ1) is 23.8. The molecule has 0 heterocycles. The van der Waals surface area contributed by atoms with E-state index in [1.54, 1.807) is 0 Å². The molecule has 0 N–H and O–H groups in total. The number of carbonyl (C=O) groups is 18. The zero-order valence-electron chi connectivity index (χ0n) is 26.3. The predicted octanol–water partition coefficient (Wildman–Crippen LogP) is -31.6. The van der Waals surface area contributed by atoms with Gasteiger partial charge in [-0.25, -0.2) is 0 Å². The van der Waals surface area contributed by atoms with Gasteiger partial charge in [0, 0.05) is 0 Å². The summed E-state index contributed by atoms with van der Waals surface area (Å²) in [5.41, 5.74) is 0. The van der Waals surface area contributed by atoms with Crippen LogP contribution in [0.4, 0.5) is 0 Å². The Morgan fingerprint density at radius 2 is 0.167 bits per heavy atom. The zero-order chi connectivity index (χ0) is 46.4. The van der Waals surface area contributed by atoms with Gasteiger partial charge in [0.25, 0.3) is 0 Å².